The van der Waals surface area contributed by atoms with Crippen molar-refractivity contribution in [2.24, 2.45) is 0 Å². The molecular weight excluding hydrogens is 553 g/mol. The van der Waals surface area contributed by atoms with E-state index in [0.717, 1.165) is 16.7 Å². The molecule has 4 rings (SSSR count). The second kappa shape index (κ2) is 13.4. The number of hydrogen-bond acceptors (Lipinski definition) is 6. The van der Waals surface area contributed by atoms with E-state index in [1.54, 1.807) is 24.3 Å². The Bertz CT molecular complexity index is 1650. The van der Waals surface area contributed by atoms with E-state index in [0.29, 0.717) is 28.0 Å². The van der Waals surface area contributed by atoms with Crippen molar-refractivity contribution in [3.05, 3.63) is 136 Å². The number of nitro benzene ring substituents is 2. The maximum absolute atomic E-state index is 11.0. The van der Waals surface area contributed by atoms with Gasteiger partial charge < -0.3 is 0 Å². The van der Waals surface area contributed by atoms with Crippen molar-refractivity contribution in [2.45, 2.75) is 44.6 Å². The summed E-state index contributed by atoms with van der Waals surface area (Å²) in [5, 5.41) is 22.9. The standard InChI is InChI=1S/C33H28N2O4S2/c1-22(2)40-32-19-13-26(11-5-24-7-15-28(16-8-24)34(36)37)30-21-31(32)33(41-23(3)4)20-14-27(30)12-6-25-9-17-29(18-10-25)35(38)39/h7-10,13-20,22-23H,21H2,1-4H3. The Labute approximate surface area is 248 Å². The minimum atomic E-state index is -0.428. The van der Waals surface area contributed by atoms with Crippen LogP contribution in [0.5, 0.6) is 0 Å². The summed E-state index contributed by atoms with van der Waals surface area (Å²) in [5.74, 6) is 13.0. The van der Waals surface area contributed by atoms with E-state index in [-0.39, 0.29) is 11.4 Å². The number of benzene rings is 2. The van der Waals surface area contributed by atoms with Crippen molar-refractivity contribution in [1.82, 2.24) is 0 Å². The lowest BCUT2D eigenvalue weighted by atomic mass is 9.95. The van der Waals surface area contributed by atoms with Gasteiger partial charge in [0.1, 0.15) is 0 Å². The van der Waals surface area contributed by atoms with Crippen LogP contribution < -0.4 is 0 Å². The molecule has 0 fully saturated rings. The third-order valence-electron chi connectivity index (χ3n) is 5.97. The zero-order chi connectivity index (χ0) is 29.5. The second-order valence-corrected chi connectivity index (χ2v) is 13.0. The first-order chi connectivity index (χ1) is 19.6. The Morgan fingerprint density at radius 1 is 0.683 bits per heavy atom. The Morgan fingerprint density at radius 3 is 1.73 bits per heavy atom. The van der Waals surface area contributed by atoms with E-state index >= 15 is 0 Å². The van der Waals surface area contributed by atoms with Crippen LogP contribution in [-0.4, -0.2) is 20.3 Å². The highest BCUT2D eigenvalue weighted by Gasteiger charge is 2.23. The molecule has 0 spiro atoms. The van der Waals surface area contributed by atoms with Gasteiger partial charge in [0.2, 0.25) is 0 Å². The van der Waals surface area contributed by atoms with Gasteiger partial charge >= 0.3 is 0 Å². The predicted molar refractivity (Wildman–Crippen MR) is 169 cm³/mol. The lowest BCUT2D eigenvalue weighted by molar-refractivity contribution is -0.385. The lowest BCUT2D eigenvalue weighted by Gasteiger charge is -2.17. The number of hydrogen-bond donors (Lipinski definition) is 0. The first kappa shape index (κ1) is 29.7. The fourth-order valence-electron chi connectivity index (χ4n) is 4.10. The summed E-state index contributed by atoms with van der Waals surface area (Å²) < 4.78 is 0. The summed E-state index contributed by atoms with van der Waals surface area (Å²) in [7, 11) is 0. The van der Waals surface area contributed by atoms with Gasteiger partial charge in [-0.3, -0.25) is 20.2 Å². The fraction of sp³-hybridized carbons (Fsp3) is 0.212. The largest absolute Gasteiger partial charge is 0.269 e. The maximum Gasteiger partial charge on any atom is 0.269 e. The number of non-ortho nitro benzene ring substituents is 2. The molecule has 2 aromatic carbocycles. The molecule has 0 aromatic heterocycles. The Hall–Kier alpha value is -4.24. The molecule has 0 heterocycles. The van der Waals surface area contributed by atoms with Crippen molar-refractivity contribution in [3.8, 4) is 23.7 Å². The van der Waals surface area contributed by atoms with Gasteiger partial charge in [-0.15, -0.1) is 23.5 Å². The van der Waals surface area contributed by atoms with E-state index in [1.165, 1.54) is 39.6 Å². The molecule has 41 heavy (non-hydrogen) atoms. The van der Waals surface area contributed by atoms with Crippen LogP contribution in [0.15, 0.2) is 105 Å². The molecule has 0 saturated heterocycles. The van der Waals surface area contributed by atoms with E-state index in [4.69, 9.17) is 0 Å². The van der Waals surface area contributed by atoms with Crippen LogP contribution in [0.1, 0.15) is 45.2 Å². The normalized spacial score (nSPS) is 14.4. The summed E-state index contributed by atoms with van der Waals surface area (Å²) in [5.41, 5.74) is 5.29. The van der Waals surface area contributed by atoms with Crippen LogP contribution in [0, 0.1) is 43.9 Å². The van der Waals surface area contributed by atoms with Crippen LogP contribution in [0.2, 0.25) is 0 Å². The number of nitrogens with zero attached hydrogens (tertiary/aromatic N) is 2. The van der Waals surface area contributed by atoms with E-state index in [9.17, 15) is 20.2 Å². The second-order valence-electron chi connectivity index (χ2n) is 9.80. The number of allylic oxidation sites excluding steroid dienone is 8. The average Bonchev–Trinajstić information content (AvgIpc) is 3.21. The summed E-state index contributed by atoms with van der Waals surface area (Å²) in [6.45, 7) is 8.70. The van der Waals surface area contributed by atoms with Gasteiger partial charge in [0.15, 0.2) is 0 Å². The Balaban J connectivity index is 1.83. The summed E-state index contributed by atoms with van der Waals surface area (Å²) in [6.07, 6.45) is 8.99. The number of fused-ring (bicyclic) bond motifs is 2. The van der Waals surface area contributed by atoms with Crippen LogP contribution in [-0.2, 0) is 0 Å². The smallest absolute Gasteiger partial charge is 0.258 e. The first-order valence-electron chi connectivity index (χ1n) is 13.0. The summed E-state index contributed by atoms with van der Waals surface area (Å²) >= 11 is 3.64. The molecule has 2 bridgehead atoms. The fourth-order valence-corrected chi connectivity index (χ4v) is 6.13. The molecule has 2 aliphatic carbocycles. The topological polar surface area (TPSA) is 86.3 Å². The molecule has 206 valence electrons. The Morgan fingerprint density at radius 2 is 1.22 bits per heavy atom. The molecule has 2 aliphatic rings. The molecule has 0 saturated carbocycles. The monoisotopic (exact) mass is 580 g/mol. The van der Waals surface area contributed by atoms with E-state index in [1.807, 2.05) is 35.7 Å². The third-order valence-corrected chi connectivity index (χ3v) is 8.18. The number of rotatable bonds is 6. The van der Waals surface area contributed by atoms with Crippen molar-refractivity contribution in [2.75, 3.05) is 0 Å². The molecule has 0 unspecified atom stereocenters. The van der Waals surface area contributed by atoms with Gasteiger partial charge in [-0.2, -0.15) is 0 Å². The van der Waals surface area contributed by atoms with Gasteiger partial charge in [0.25, 0.3) is 11.4 Å². The molecule has 2 aromatic rings. The van der Waals surface area contributed by atoms with Crippen LogP contribution in [0.4, 0.5) is 11.4 Å². The van der Waals surface area contributed by atoms with Crippen molar-refractivity contribution in [3.63, 3.8) is 0 Å². The summed E-state index contributed by atoms with van der Waals surface area (Å²) in [6, 6.07) is 12.4. The van der Waals surface area contributed by atoms with Gasteiger partial charge in [-0.25, -0.2) is 0 Å². The van der Waals surface area contributed by atoms with Gasteiger partial charge in [-0.1, -0.05) is 51.4 Å². The minimum absolute atomic E-state index is 0.0212. The van der Waals surface area contributed by atoms with Crippen molar-refractivity contribution in [1.29, 1.82) is 0 Å². The van der Waals surface area contributed by atoms with Crippen LogP contribution in [0.25, 0.3) is 0 Å². The molecular formula is C33H28N2O4S2. The molecule has 0 atom stereocenters. The van der Waals surface area contributed by atoms with Gasteiger partial charge in [0, 0.05) is 73.3 Å². The van der Waals surface area contributed by atoms with Crippen molar-refractivity contribution >= 4 is 34.9 Å². The highest BCUT2D eigenvalue weighted by molar-refractivity contribution is 8.04. The SMILES string of the molecule is CC(C)SC1=CC=C(C#Cc2ccc([N+](=O)[O-])cc2)C2=C(C#Cc3ccc([N+](=O)[O-])cc3)C=CC(SC(C)C)=C1C2. The number of nitro groups is 2. The zero-order valence-electron chi connectivity index (χ0n) is 23.1. The third kappa shape index (κ3) is 7.91. The quantitative estimate of drug-likeness (QED) is 0.193. The molecule has 0 amide bonds. The van der Waals surface area contributed by atoms with Crippen molar-refractivity contribution < 1.29 is 9.85 Å². The van der Waals surface area contributed by atoms with Gasteiger partial charge in [-0.05, 0) is 59.7 Å². The van der Waals surface area contributed by atoms with Gasteiger partial charge in [0.05, 0.1) is 9.85 Å². The predicted octanol–water partition coefficient (Wildman–Crippen LogP) is 8.52. The minimum Gasteiger partial charge on any atom is -0.258 e. The number of thioether (sulfide) groups is 2. The Kier molecular flexibility index (Phi) is 9.73. The molecule has 6 nitrogen and oxygen atoms in total. The lowest BCUT2D eigenvalue weighted by Crippen LogP contribution is -1.98. The first-order valence-corrected chi connectivity index (χ1v) is 14.8. The molecule has 0 radical (unpaired) electrons. The average molecular weight is 581 g/mol. The summed E-state index contributed by atoms with van der Waals surface area (Å²) in [4.78, 5) is 23.6. The highest BCUT2D eigenvalue weighted by atomic mass is 32.2. The maximum atomic E-state index is 11.0. The molecule has 0 N–H and O–H groups in total. The molecule has 0 aliphatic heterocycles. The highest BCUT2D eigenvalue weighted by Crippen LogP contribution is 2.44. The van der Waals surface area contributed by atoms with Crippen LogP contribution >= 0.6 is 23.5 Å². The van der Waals surface area contributed by atoms with E-state index in [2.05, 4.69) is 63.5 Å². The van der Waals surface area contributed by atoms with Crippen LogP contribution in [0.3, 0.4) is 0 Å². The van der Waals surface area contributed by atoms with E-state index < -0.39 is 9.85 Å². The molecule has 8 heteroatoms. The zero-order valence-corrected chi connectivity index (χ0v) is 24.8.